The standard InChI is InChI=1S/C18H31N3O4/c1-17(2,3)8-7-14(22)20-9-11-21(12-10-20)15(23)13-19-16(24)25-18(4,5)6/h7-8H,9-13H2,1-6H3,(H,19,24)/b8-7+. The zero-order chi connectivity index (χ0) is 19.3. The minimum Gasteiger partial charge on any atom is -0.444 e. The molecular formula is C18H31N3O4. The highest BCUT2D eigenvalue weighted by atomic mass is 16.6. The fourth-order valence-electron chi connectivity index (χ4n) is 2.18. The second-order valence-electron chi connectivity index (χ2n) is 8.26. The van der Waals surface area contributed by atoms with Gasteiger partial charge in [-0.15, -0.1) is 0 Å². The van der Waals surface area contributed by atoms with E-state index in [4.69, 9.17) is 4.74 Å². The molecule has 7 nitrogen and oxygen atoms in total. The molecule has 25 heavy (non-hydrogen) atoms. The first-order valence-corrected chi connectivity index (χ1v) is 8.60. The van der Waals surface area contributed by atoms with Gasteiger partial charge in [0, 0.05) is 26.2 Å². The minimum absolute atomic E-state index is 0.0334. The Balaban J connectivity index is 2.38. The number of piperazine rings is 1. The van der Waals surface area contributed by atoms with Crippen molar-refractivity contribution in [1.82, 2.24) is 15.1 Å². The molecule has 1 fully saturated rings. The molecule has 7 heteroatoms. The summed E-state index contributed by atoms with van der Waals surface area (Å²) in [5, 5.41) is 2.46. The Kier molecular flexibility index (Phi) is 7.02. The summed E-state index contributed by atoms with van der Waals surface area (Å²) in [7, 11) is 0. The van der Waals surface area contributed by atoms with Gasteiger partial charge in [0.05, 0.1) is 0 Å². The van der Waals surface area contributed by atoms with Crippen LogP contribution in [-0.2, 0) is 14.3 Å². The van der Waals surface area contributed by atoms with Crippen LogP contribution < -0.4 is 5.32 Å². The first kappa shape index (κ1) is 21.0. The van der Waals surface area contributed by atoms with Crippen LogP contribution in [0, 0.1) is 5.41 Å². The topological polar surface area (TPSA) is 79.0 Å². The van der Waals surface area contributed by atoms with Crippen molar-refractivity contribution in [3.63, 3.8) is 0 Å². The molecule has 1 aliphatic rings. The van der Waals surface area contributed by atoms with Crippen LogP contribution in [0.2, 0.25) is 0 Å². The Morgan fingerprint density at radius 2 is 1.48 bits per heavy atom. The van der Waals surface area contributed by atoms with Gasteiger partial charge in [0.1, 0.15) is 12.1 Å². The van der Waals surface area contributed by atoms with E-state index in [1.54, 1.807) is 36.6 Å². The highest BCUT2D eigenvalue weighted by Gasteiger charge is 2.24. The van der Waals surface area contributed by atoms with Gasteiger partial charge < -0.3 is 19.9 Å². The Labute approximate surface area is 150 Å². The molecule has 1 N–H and O–H groups in total. The summed E-state index contributed by atoms with van der Waals surface area (Å²) >= 11 is 0. The third kappa shape index (κ3) is 8.56. The molecule has 0 aromatic carbocycles. The first-order valence-electron chi connectivity index (χ1n) is 8.60. The van der Waals surface area contributed by atoms with Crippen LogP contribution in [0.15, 0.2) is 12.2 Å². The molecule has 142 valence electrons. The molecule has 0 spiro atoms. The van der Waals surface area contributed by atoms with Gasteiger partial charge in [0.2, 0.25) is 11.8 Å². The van der Waals surface area contributed by atoms with Gasteiger partial charge >= 0.3 is 6.09 Å². The van der Waals surface area contributed by atoms with Gasteiger partial charge in [-0.3, -0.25) is 9.59 Å². The number of amides is 3. The molecule has 0 aliphatic carbocycles. The smallest absolute Gasteiger partial charge is 0.408 e. The molecule has 1 heterocycles. The van der Waals surface area contributed by atoms with Crippen LogP contribution in [0.3, 0.4) is 0 Å². The fraction of sp³-hybridized carbons (Fsp3) is 0.722. The normalized spacial score (nSPS) is 16.1. The Hall–Kier alpha value is -2.05. The molecule has 0 radical (unpaired) electrons. The van der Waals surface area contributed by atoms with Gasteiger partial charge in [0.25, 0.3) is 0 Å². The van der Waals surface area contributed by atoms with E-state index in [2.05, 4.69) is 5.32 Å². The van der Waals surface area contributed by atoms with Crippen molar-refractivity contribution in [3.05, 3.63) is 12.2 Å². The Morgan fingerprint density at radius 1 is 0.960 bits per heavy atom. The molecule has 0 atom stereocenters. The molecule has 0 aromatic heterocycles. The third-order valence-corrected chi connectivity index (χ3v) is 3.45. The van der Waals surface area contributed by atoms with Crippen molar-refractivity contribution in [3.8, 4) is 0 Å². The van der Waals surface area contributed by atoms with Gasteiger partial charge in [-0.05, 0) is 32.3 Å². The lowest BCUT2D eigenvalue weighted by Gasteiger charge is -2.34. The van der Waals surface area contributed by atoms with E-state index in [-0.39, 0.29) is 23.8 Å². The van der Waals surface area contributed by atoms with E-state index in [0.717, 1.165) is 0 Å². The van der Waals surface area contributed by atoms with Gasteiger partial charge in [-0.1, -0.05) is 26.8 Å². The Morgan fingerprint density at radius 3 is 1.96 bits per heavy atom. The minimum atomic E-state index is -0.609. The molecule has 0 bridgehead atoms. The van der Waals surface area contributed by atoms with Gasteiger partial charge in [-0.25, -0.2) is 4.79 Å². The first-order chi connectivity index (χ1) is 11.4. The van der Waals surface area contributed by atoms with E-state index in [9.17, 15) is 14.4 Å². The van der Waals surface area contributed by atoms with E-state index in [1.165, 1.54) is 0 Å². The quantitative estimate of drug-likeness (QED) is 0.785. The predicted octanol–water partition coefficient (Wildman–Crippen LogP) is 1.78. The van der Waals surface area contributed by atoms with Crippen LogP contribution >= 0.6 is 0 Å². The van der Waals surface area contributed by atoms with E-state index < -0.39 is 11.7 Å². The largest absolute Gasteiger partial charge is 0.444 e. The number of ether oxygens (including phenoxy) is 1. The van der Waals surface area contributed by atoms with Crippen LogP contribution in [0.4, 0.5) is 4.79 Å². The van der Waals surface area contributed by atoms with Gasteiger partial charge in [-0.2, -0.15) is 0 Å². The number of rotatable bonds is 3. The van der Waals surface area contributed by atoms with Gasteiger partial charge in [0.15, 0.2) is 0 Å². The van der Waals surface area contributed by atoms with Crippen molar-refractivity contribution in [2.45, 2.75) is 47.1 Å². The van der Waals surface area contributed by atoms with Crippen molar-refractivity contribution < 1.29 is 19.1 Å². The lowest BCUT2D eigenvalue weighted by atomic mass is 9.96. The van der Waals surface area contributed by atoms with Crippen LogP contribution in [0.5, 0.6) is 0 Å². The summed E-state index contributed by atoms with van der Waals surface area (Å²) < 4.78 is 5.10. The zero-order valence-corrected chi connectivity index (χ0v) is 16.2. The van der Waals surface area contributed by atoms with Crippen LogP contribution in [-0.4, -0.2) is 66.0 Å². The average Bonchev–Trinajstić information content (AvgIpc) is 2.48. The highest BCUT2D eigenvalue weighted by Crippen LogP contribution is 2.15. The fourth-order valence-corrected chi connectivity index (χ4v) is 2.18. The second-order valence-corrected chi connectivity index (χ2v) is 8.26. The molecule has 1 aliphatic heterocycles. The lowest BCUT2D eigenvalue weighted by molar-refractivity contribution is -0.136. The maximum absolute atomic E-state index is 12.1. The molecule has 1 saturated heterocycles. The molecular weight excluding hydrogens is 322 g/mol. The maximum Gasteiger partial charge on any atom is 0.408 e. The van der Waals surface area contributed by atoms with E-state index in [1.807, 2.05) is 26.8 Å². The van der Waals surface area contributed by atoms with Crippen molar-refractivity contribution in [1.29, 1.82) is 0 Å². The number of allylic oxidation sites excluding steroid dienone is 1. The number of hydrogen-bond donors (Lipinski definition) is 1. The Bertz CT molecular complexity index is 521. The number of carbonyl (C=O) groups excluding carboxylic acids is 3. The van der Waals surface area contributed by atoms with Crippen molar-refractivity contribution >= 4 is 17.9 Å². The monoisotopic (exact) mass is 353 g/mol. The summed E-state index contributed by atoms with van der Waals surface area (Å²) in [6.07, 6.45) is 2.88. The highest BCUT2D eigenvalue weighted by molar-refractivity contribution is 5.88. The number of nitrogens with one attached hydrogen (secondary N) is 1. The SMILES string of the molecule is CC(C)(C)/C=C/C(=O)N1CCN(C(=O)CNC(=O)OC(C)(C)C)CC1. The number of hydrogen-bond acceptors (Lipinski definition) is 4. The summed E-state index contributed by atoms with van der Waals surface area (Å²) in [5.74, 6) is -0.211. The summed E-state index contributed by atoms with van der Waals surface area (Å²) in [6.45, 7) is 13.2. The molecule has 1 rings (SSSR count). The number of nitrogens with zero attached hydrogens (tertiary/aromatic N) is 2. The third-order valence-electron chi connectivity index (χ3n) is 3.45. The number of carbonyl (C=O) groups is 3. The predicted molar refractivity (Wildman–Crippen MR) is 96.0 cm³/mol. The van der Waals surface area contributed by atoms with Crippen molar-refractivity contribution in [2.75, 3.05) is 32.7 Å². The van der Waals surface area contributed by atoms with Crippen LogP contribution in [0.25, 0.3) is 0 Å². The molecule has 3 amide bonds. The number of alkyl carbamates (subject to hydrolysis) is 1. The molecule has 0 saturated carbocycles. The van der Waals surface area contributed by atoms with E-state index in [0.29, 0.717) is 26.2 Å². The lowest BCUT2D eigenvalue weighted by Crippen LogP contribution is -2.52. The summed E-state index contributed by atoms with van der Waals surface area (Å²) in [6, 6.07) is 0. The molecule has 0 unspecified atom stereocenters. The average molecular weight is 353 g/mol. The van der Waals surface area contributed by atoms with Crippen LogP contribution in [0.1, 0.15) is 41.5 Å². The maximum atomic E-state index is 12.1. The zero-order valence-electron chi connectivity index (χ0n) is 16.2. The summed E-state index contributed by atoms with van der Waals surface area (Å²) in [5.41, 5.74) is -0.638. The second kappa shape index (κ2) is 8.36. The summed E-state index contributed by atoms with van der Waals surface area (Å²) in [4.78, 5) is 39.2. The van der Waals surface area contributed by atoms with Crippen molar-refractivity contribution in [2.24, 2.45) is 5.41 Å². The van der Waals surface area contributed by atoms with E-state index >= 15 is 0 Å². The molecule has 0 aromatic rings.